The van der Waals surface area contributed by atoms with Gasteiger partial charge in [0.2, 0.25) is 0 Å². The van der Waals surface area contributed by atoms with Gasteiger partial charge < -0.3 is 0 Å². The standard InChI is InChI=1S/C4H7N.C3H6/c1-2-3-4-5;1-3-2/h2-3H2,1H3;3H,1H2,2H3. The van der Waals surface area contributed by atoms with E-state index in [1.165, 1.54) is 0 Å². The summed E-state index contributed by atoms with van der Waals surface area (Å²) in [4.78, 5) is 0. The molecule has 0 aliphatic heterocycles. The Hall–Kier alpha value is -0.770. The molecule has 0 aromatic carbocycles. The summed E-state index contributed by atoms with van der Waals surface area (Å²) in [6, 6.07) is 2.02. The third kappa shape index (κ3) is 61.9. The Morgan fingerprint density at radius 2 is 2.12 bits per heavy atom. The van der Waals surface area contributed by atoms with Crippen molar-refractivity contribution in [2.75, 3.05) is 0 Å². The van der Waals surface area contributed by atoms with Crippen molar-refractivity contribution in [3.8, 4) is 6.07 Å². The van der Waals surface area contributed by atoms with Crippen LogP contribution >= 0.6 is 0 Å². The van der Waals surface area contributed by atoms with Crippen molar-refractivity contribution in [3.63, 3.8) is 0 Å². The number of allylic oxidation sites excluding steroid dienone is 1. The molecule has 0 spiro atoms. The van der Waals surface area contributed by atoms with Crippen LogP contribution in [0.4, 0.5) is 0 Å². The second-order valence-electron chi connectivity index (χ2n) is 1.32. The predicted molar refractivity (Wildman–Crippen MR) is 36.4 cm³/mol. The van der Waals surface area contributed by atoms with Crippen LogP contribution in [-0.2, 0) is 0 Å². The molecule has 0 saturated carbocycles. The Balaban J connectivity index is 0. The van der Waals surface area contributed by atoms with Crippen molar-refractivity contribution >= 4 is 0 Å². The first-order valence-corrected chi connectivity index (χ1v) is 2.77. The Morgan fingerprint density at radius 3 is 2.12 bits per heavy atom. The molecule has 46 valence electrons. The van der Waals surface area contributed by atoms with Crippen LogP contribution in [0.25, 0.3) is 0 Å². The van der Waals surface area contributed by atoms with Crippen molar-refractivity contribution in [2.45, 2.75) is 26.7 Å². The Kier molecular flexibility index (Phi) is 20.9. The fourth-order valence-electron chi connectivity index (χ4n) is 0.112. The van der Waals surface area contributed by atoms with E-state index in [-0.39, 0.29) is 0 Å². The van der Waals surface area contributed by atoms with E-state index in [1.54, 1.807) is 6.08 Å². The first kappa shape index (κ1) is 10.3. The van der Waals surface area contributed by atoms with Gasteiger partial charge in [-0.25, -0.2) is 0 Å². The molecule has 0 aliphatic rings. The summed E-state index contributed by atoms with van der Waals surface area (Å²) in [7, 11) is 0. The van der Waals surface area contributed by atoms with Crippen LogP contribution in [0.3, 0.4) is 0 Å². The average Bonchev–Trinajstić information content (AvgIpc) is 1.71. The van der Waals surface area contributed by atoms with Crippen LogP contribution in [0.15, 0.2) is 12.7 Å². The summed E-state index contributed by atoms with van der Waals surface area (Å²) in [6.07, 6.45) is 3.43. The van der Waals surface area contributed by atoms with Gasteiger partial charge in [-0.15, -0.1) is 6.58 Å². The van der Waals surface area contributed by atoms with Gasteiger partial charge >= 0.3 is 0 Å². The van der Waals surface area contributed by atoms with Crippen molar-refractivity contribution < 1.29 is 0 Å². The van der Waals surface area contributed by atoms with E-state index in [0.717, 1.165) is 6.42 Å². The van der Waals surface area contributed by atoms with Gasteiger partial charge in [-0.3, -0.25) is 0 Å². The third-order valence-electron chi connectivity index (χ3n) is 0.362. The number of hydrogen-bond acceptors (Lipinski definition) is 1. The summed E-state index contributed by atoms with van der Waals surface area (Å²) in [5.74, 6) is 0. The molecule has 0 N–H and O–H groups in total. The van der Waals surface area contributed by atoms with E-state index in [0.29, 0.717) is 6.42 Å². The number of rotatable bonds is 1. The zero-order valence-electron chi connectivity index (χ0n) is 5.65. The van der Waals surface area contributed by atoms with Gasteiger partial charge in [-0.1, -0.05) is 13.0 Å². The molecule has 1 heteroatoms. The molecule has 0 radical (unpaired) electrons. The minimum atomic E-state index is 0.694. The van der Waals surface area contributed by atoms with Crippen LogP contribution in [0, 0.1) is 11.3 Å². The van der Waals surface area contributed by atoms with E-state index < -0.39 is 0 Å². The summed E-state index contributed by atoms with van der Waals surface area (Å²) >= 11 is 0. The zero-order chi connectivity index (χ0) is 6.83. The smallest absolute Gasteiger partial charge is 0.0621 e. The van der Waals surface area contributed by atoms with Crippen LogP contribution < -0.4 is 0 Å². The maximum atomic E-state index is 7.82. The topological polar surface area (TPSA) is 23.8 Å². The molecule has 0 rings (SSSR count). The summed E-state index contributed by atoms with van der Waals surface area (Å²) in [5.41, 5.74) is 0. The van der Waals surface area contributed by atoms with Gasteiger partial charge in [0.05, 0.1) is 6.07 Å². The number of hydrogen-bond donors (Lipinski definition) is 0. The second kappa shape index (κ2) is 16.3. The lowest BCUT2D eigenvalue weighted by Crippen LogP contribution is -1.53. The Morgan fingerprint density at radius 1 is 1.75 bits per heavy atom. The highest BCUT2D eigenvalue weighted by Crippen LogP contribution is 1.77. The van der Waals surface area contributed by atoms with Gasteiger partial charge in [0, 0.05) is 6.42 Å². The molecule has 1 nitrogen and oxygen atoms in total. The molecular formula is C7H13N. The zero-order valence-corrected chi connectivity index (χ0v) is 5.65. The molecule has 0 atom stereocenters. The van der Waals surface area contributed by atoms with Crippen LogP contribution in [0.5, 0.6) is 0 Å². The second-order valence-corrected chi connectivity index (χ2v) is 1.32. The van der Waals surface area contributed by atoms with Gasteiger partial charge in [-0.05, 0) is 13.3 Å². The first-order chi connectivity index (χ1) is 3.83. The lowest BCUT2D eigenvalue weighted by Gasteiger charge is -1.65. The van der Waals surface area contributed by atoms with Gasteiger partial charge in [-0.2, -0.15) is 5.26 Å². The minimum Gasteiger partial charge on any atom is -0.198 e. The average molecular weight is 111 g/mol. The van der Waals surface area contributed by atoms with Crippen molar-refractivity contribution in [2.24, 2.45) is 0 Å². The van der Waals surface area contributed by atoms with Crippen LogP contribution in [-0.4, -0.2) is 0 Å². The van der Waals surface area contributed by atoms with Crippen LogP contribution in [0.1, 0.15) is 26.7 Å². The number of nitrogens with zero attached hydrogens (tertiary/aromatic N) is 1. The molecule has 0 amide bonds. The Labute approximate surface area is 51.6 Å². The van der Waals surface area contributed by atoms with E-state index >= 15 is 0 Å². The molecule has 0 aromatic rings. The lowest BCUT2D eigenvalue weighted by atomic mass is 10.4. The van der Waals surface area contributed by atoms with Gasteiger partial charge in [0.1, 0.15) is 0 Å². The monoisotopic (exact) mass is 111 g/mol. The third-order valence-corrected chi connectivity index (χ3v) is 0.362. The summed E-state index contributed by atoms with van der Waals surface area (Å²) < 4.78 is 0. The molecule has 0 fully saturated rings. The summed E-state index contributed by atoms with van der Waals surface area (Å²) in [6.45, 7) is 7.24. The van der Waals surface area contributed by atoms with Gasteiger partial charge in [0.25, 0.3) is 0 Å². The first-order valence-electron chi connectivity index (χ1n) is 2.77. The van der Waals surface area contributed by atoms with E-state index in [2.05, 4.69) is 6.58 Å². The molecule has 0 heterocycles. The minimum absolute atomic E-state index is 0.694. The summed E-state index contributed by atoms with van der Waals surface area (Å²) in [5, 5.41) is 7.82. The van der Waals surface area contributed by atoms with E-state index in [9.17, 15) is 0 Å². The highest BCUT2D eigenvalue weighted by molar-refractivity contribution is 4.65. The molecule has 0 unspecified atom stereocenters. The van der Waals surface area contributed by atoms with E-state index in [4.69, 9.17) is 5.26 Å². The normalized spacial score (nSPS) is 5.62. The molecular weight excluding hydrogens is 98.1 g/mol. The van der Waals surface area contributed by atoms with Crippen LogP contribution in [0.2, 0.25) is 0 Å². The maximum Gasteiger partial charge on any atom is 0.0621 e. The lowest BCUT2D eigenvalue weighted by molar-refractivity contribution is 0.969. The van der Waals surface area contributed by atoms with Crippen molar-refractivity contribution in [1.82, 2.24) is 0 Å². The fourth-order valence-corrected chi connectivity index (χ4v) is 0.112. The largest absolute Gasteiger partial charge is 0.198 e. The van der Waals surface area contributed by atoms with E-state index in [1.807, 2.05) is 19.9 Å². The van der Waals surface area contributed by atoms with Gasteiger partial charge in [0.15, 0.2) is 0 Å². The molecule has 0 saturated heterocycles. The number of unbranched alkanes of at least 4 members (excludes halogenated alkanes) is 1. The molecule has 0 aromatic heterocycles. The SMILES string of the molecule is C=CC.CCCC#N. The molecule has 0 aliphatic carbocycles. The fraction of sp³-hybridized carbons (Fsp3) is 0.571. The number of nitriles is 1. The van der Waals surface area contributed by atoms with Crippen molar-refractivity contribution in [3.05, 3.63) is 12.7 Å². The highest BCUT2D eigenvalue weighted by Gasteiger charge is 1.65. The maximum absolute atomic E-state index is 7.82. The quantitative estimate of drug-likeness (QED) is 0.477. The highest BCUT2D eigenvalue weighted by atomic mass is 14.2. The molecule has 8 heavy (non-hydrogen) atoms. The van der Waals surface area contributed by atoms with Crippen molar-refractivity contribution in [1.29, 1.82) is 5.26 Å². The Bertz CT molecular complexity index is 68.9. The molecule has 0 bridgehead atoms. The predicted octanol–water partition coefficient (Wildman–Crippen LogP) is 2.50.